The Bertz CT molecular complexity index is 1070. The van der Waals surface area contributed by atoms with Gasteiger partial charge in [0, 0.05) is 12.6 Å². The van der Waals surface area contributed by atoms with Gasteiger partial charge in [-0.15, -0.1) is 0 Å². The van der Waals surface area contributed by atoms with Crippen molar-refractivity contribution in [3.05, 3.63) is 64.9 Å². The van der Waals surface area contributed by atoms with Crippen LogP contribution in [0.2, 0.25) is 0 Å². The Morgan fingerprint density at radius 1 is 1.27 bits per heavy atom. The molecule has 0 spiro atoms. The number of para-hydroxylation sites is 1. The first-order valence-corrected chi connectivity index (χ1v) is 9.68. The molecule has 1 aromatic carbocycles. The number of ether oxygens (including phenoxy) is 2. The van der Waals surface area contributed by atoms with Gasteiger partial charge in [-0.1, -0.05) is 17.3 Å². The Balaban J connectivity index is 1.57. The number of carbonyl (C=O) groups is 2. The minimum absolute atomic E-state index is 0.0401. The first-order valence-electron chi connectivity index (χ1n) is 9.68. The van der Waals surface area contributed by atoms with Crippen molar-refractivity contribution >= 4 is 17.6 Å². The van der Waals surface area contributed by atoms with Gasteiger partial charge in [-0.05, 0) is 37.5 Å². The van der Waals surface area contributed by atoms with Gasteiger partial charge in [-0.25, -0.2) is 4.79 Å². The highest BCUT2D eigenvalue weighted by molar-refractivity contribution is 5.97. The van der Waals surface area contributed by atoms with E-state index in [1.54, 1.807) is 24.0 Å². The SMILES string of the molecule is COC(=O)c1ccoc1COc1cccc2c1N(C(=O)Cc1cc(C)on1)CCC2. The number of anilines is 1. The van der Waals surface area contributed by atoms with Gasteiger partial charge in [0.2, 0.25) is 5.91 Å². The third-order valence-corrected chi connectivity index (χ3v) is 5.00. The third kappa shape index (κ3) is 3.94. The molecule has 0 unspecified atom stereocenters. The van der Waals surface area contributed by atoms with Crippen molar-refractivity contribution in [3.8, 4) is 5.75 Å². The van der Waals surface area contributed by atoms with Crippen molar-refractivity contribution in [2.45, 2.75) is 32.8 Å². The van der Waals surface area contributed by atoms with Gasteiger partial charge >= 0.3 is 5.97 Å². The summed E-state index contributed by atoms with van der Waals surface area (Å²) in [6.07, 6.45) is 3.29. The summed E-state index contributed by atoms with van der Waals surface area (Å²) in [6.45, 7) is 2.43. The number of aromatic nitrogens is 1. The smallest absolute Gasteiger partial charge is 0.341 e. The van der Waals surface area contributed by atoms with E-state index in [2.05, 4.69) is 5.16 Å². The average molecular weight is 410 g/mol. The molecule has 1 aliphatic rings. The number of nitrogens with zero attached hydrogens (tertiary/aromatic N) is 2. The molecule has 0 fully saturated rings. The summed E-state index contributed by atoms with van der Waals surface area (Å²) in [5.41, 5.74) is 2.70. The van der Waals surface area contributed by atoms with Crippen LogP contribution in [0.25, 0.3) is 0 Å². The summed E-state index contributed by atoms with van der Waals surface area (Å²) in [4.78, 5) is 26.6. The number of rotatable bonds is 6. The largest absolute Gasteiger partial charge is 0.483 e. The van der Waals surface area contributed by atoms with Crippen molar-refractivity contribution in [1.82, 2.24) is 5.16 Å². The van der Waals surface area contributed by atoms with Crippen molar-refractivity contribution < 1.29 is 28.0 Å². The lowest BCUT2D eigenvalue weighted by atomic mass is 10.0. The zero-order valence-corrected chi connectivity index (χ0v) is 16.8. The number of aryl methyl sites for hydroxylation is 2. The molecule has 4 rings (SSSR count). The molecular formula is C22H22N2O6. The molecule has 0 bridgehead atoms. The molecule has 0 aliphatic carbocycles. The van der Waals surface area contributed by atoms with Crippen LogP contribution in [0, 0.1) is 6.92 Å². The highest BCUT2D eigenvalue weighted by atomic mass is 16.5. The van der Waals surface area contributed by atoms with Gasteiger partial charge in [0.1, 0.15) is 23.7 Å². The standard InChI is InChI=1S/C22H22N2O6/c1-14-11-16(23-30-14)12-20(25)24-9-4-6-15-5-3-7-18(21(15)24)29-13-19-17(8-10-28-19)22(26)27-2/h3,5,7-8,10-11H,4,6,9,12-13H2,1-2H3. The highest BCUT2D eigenvalue weighted by Crippen LogP contribution is 2.37. The lowest BCUT2D eigenvalue weighted by Gasteiger charge is -2.31. The van der Waals surface area contributed by atoms with E-state index in [4.69, 9.17) is 18.4 Å². The quantitative estimate of drug-likeness (QED) is 0.574. The van der Waals surface area contributed by atoms with E-state index in [-0.39, 0.29) is 18.9 Å². The van der Waals surface area contributed by atoms with E-state index in [0.717, 1.165) is 24.1 Å². The zero-order valence-electron chi connectivity index (χ0n) is 16.8. The Hall–Kier alpha value is -3.55. The summed E-state index contributed by atoms with van der Waals surface area (Å²) < 4.78 is 21.2. The molecule has 3 heterocycles. The molecule has 0 radical (unpaired) electrons. The van der Waals surface area contributed by atoms with E-state index in [9.17, 15) is 9.59 Å². The fourth-order valence-electron chi connectivity index (χ4n) is 3.62. The van der Waals surface area contributed by atoms with Crippen LogP contribution in [-0.4, -0.2) is 30.7 Å². The number of fused-ring (bicyclic) bond motifs is 1. The number of amides is 1. The van der Waals surface area contributed by atoms with Gasteiger partial charge in [0.15, 0.2) is 5.76 Å². The minimum atomic E-state index is -0.489. The Morgan fingerprint density at radius 3 is 2.90 bits per heavy atom. The molecule has 2 aromatic heterocycles. The summed E-state index contributed by atoms with van der Waals surface area (Å²) in [5.74, 6) is 1.03. The maximum absolute atomic E-state index is 13.0. The van der Waals surface area contributed by atoms with Crippen LogP contribution in [0.1, 0.15) is 39.6 Å². The Labute approximate surface area is 173 Å². The Morgan fingerprint density at radius 2 is 2.13 bits per heavy atom. The van der Waals surface area contributed by atoms with E-state index in [1.807, 2.05) is 18.2 Å². The van der Waals surface area contributed by atoms with Gasteiger partial charge in [0.05, 0.1) is 31.2 Å². The van der Waals surface area contributed by atoms with Gasteiger partial charge in [-0.3, -0.25) is 4.79 Å². The first-order chi connectivity index (χ1) is 14.6. The van der Waals surface area contributed by atoms with Crippen molar-refractivity contribution in [1.29, 1.82) is 0 Å². The molecule has 0 atom stereocenters. The second-order valence-corrected chi connectivity index (χ2v) is 7.06. The van der Waals surface area contributed by atoms with E-state index in [1.165, 1.54) is 13.4 Å². The fourth-order valence-corrected chi connectivity index (χ4v) is 3.62. The molecule has 1 amide bonds. The molecule has 1 aliphatic heterocycles. The molecule has 8 heteroatoms. The van der Waals surface area contributed by atoms with Crippen LogP contribution in [0.4, 0.5) is 5.69 Å². The van der Waals surface area contributed by atoms with E-state index >= 15 is 0 Å². The maximum atomic E-state index is 13.0. The summed E-state index contributed by atoms with van der Waals surface area (Å²) >= 11 is 0. The number of esters is 1. The lowest BCUT2D eigenvalue weighted by molar-refractivity contribution is -0.118. The summed E-state index contributed by atoms with van der Waals surface area (Å²) in [5, 5.41) is 3.92. The monoisotopic (exact) mass is 410 g/mol. The molecule has 156 valence electrons. The summed E-state index contributed by atoms with van der Waals surface area (Å²) in [7, 11) is 1.31. The Kier molecular flexibility index (Phi) is 5.56. The highest BCUT2D eigenvalue weighted by Gasteiger charge is 2.27. The lowest BCUT2D eigenvalue weighted by Crippen LogP contribution is -2.37. The second-order valence-electron chi connectivity index (χ2n) is 7.06. The van der Waals surface area contributed by atoms with Crippen molar-refractivity contribution in [2.24, 2.45) is 0 Å². The molecule has 0 N–H and O–H groups in total. The van der Waals surface area contributed by atoms with Gasteiger partial charge in [-0.2, -0.15) is 0 Å². The topological polar surface area (TPSA) is 95.0 Å². The van der Waals surface area contributed by atoms with Crippen LogP contribution in [0.5, 0.6) is 5.75 Å². The van der Waals surface area contributed by atoms with Crippen LogP contribution in [0.15, 0.2) is 45.5 Å². The van der Waals surface area contributed by atoms with Crippen LogP contribution in [-0.2, 0) is 29.0 Å². The predicted molar refractivity (Wildman–Crippen MR) is 106 cm³/mol. The van der Waals surface area contributed by atoms with Gasteiger partial charge < -0.3 is 23.3 Å². The molecule has 8 nitrogen and oxygen atoms in total. The number of hydrogen-bond donors (Lipinski definition) is 0. The molecule has 3 aromatic rings. The molecular weight excluding hydrogens is 388 g/mol. The van der Waals surface area contributed by atoms with Crippen molar-refractivity contribution in [2.75, 3.05) is 18.6 Å². The molecule has 0 saturated heterocycles. The fraction of sp³-hybridized carbons (Fsp3) is 0.318. The number of methoxy groups -OCH3 is 1. The van der Waals surface area contributed by atoms with E-state index in [0.29, 0.717) is 35.1 Å². The van der Waals surface area contributed by atoms with Crippen LogP contribution in [0.3, 0.4) is 0 Å². The molecule has 30 heavy (non-hydrogen) atoms. The first kappa shape index (κ1) is 19.8. The van der Waals surface area contributed by atoms with E-state index < -0.39 is 5.97 Å². The third-order valence-electron chi connectivity index (χ3n) is 5.00. The molecule has 0 saturated carbocycles. The maximum Gasteiger partial charge on any atom is 0.341 e. The predicted octanol–water partition coefficient (Wildman–Crippen LogP) is 3.46. The zero-order chi connectivity index (χ0) is 21.1. The van der Waals surface area contributed by atoms with Gasteiger partial charge in [0.25, 0.3) is 0 Å². The van der Waals surface area contributed by atoms with Crippen molar-refractivity contribution in [3.63, 3.8) is 0 Å². The van der Waals surface area contributed by atoms with Crippen LogP contribution >= 0.6 is 0 Å². The number of benzene rings is 1. The normalized spacial score (nSPS) is 13.1. The number of carbonyl (C=O) groups excluding carboxylic acids is 2. The summed E-state index contributed by atoms with van der Waals surface area (Å²) in [6, 6.07) is 9.00. The van der Waals surface area contributed by atoms with Crippen LogP contribution < -0.4 is 9.64 Å². The minimum Gasteiger partial charge on any atom is -0.483 e. The number of hydrogen-bond acceptors (Lipinski definition) is 7. The average Bonchev–Trinajstić information content (AvgIpc) is 3.39. The number of furan rings is 1. The second kappa shape index (κ2) is 8.44.